The summed E-state index contributed by atoms with van der Waals surface area (Å²) < 4.78 is 11.4. The molecule has 2 N–H and O–H groups in total. The van der Waals surface area contributed by atoms with Crippen molar-refractivity contribution in [1.29, 1.82) is 0 Å². The van der Waals surface area contributed by atoms with Crippen molar-refractivity contribution >= 4 is 23.2 Å². The van der Waals surface area contributed by atoms with Gasteiger partial charge < -0.3 is 20.1 Å². The summed E-state index contributed by atoms with van der Waals surface area (Å²) in [5.41, 5.74) is 0. The third-order valence-electron chi connectivity index (χ3n) is 4.42. The van der Waals surface area contributed by atoms with E-state index < -0.39 is 0 Å². The number of hydrogen-bond acceptors (Lipinski definition) is 4. The Labute approximate surface area is 165 Å². The number of hydrogen-bond donors (Lipinski definition) is 2. The van der Waals surface area contributed by atoms with E-state index in [0.717, 1.165) is 31.4 Å². The molecule has 0 saturated heterocycles. The minimum atomic E-state index is -0.266. The molecule has 27 heavy (non-hydrogen) atoms. The number of carbonyl (C=O) groups excluding carboxylic acids is 1. The largest absolute Gasteiger partial charge is 0.490 e. The predicted molar refractivity (Wildman–Crippen MR) is 109 cm³/mol. The van der Waals surface area contributed by atoms with Crippen LogP contribution in [0.5, 0.6) is 11.5 Å². The van der Waals surface area contributed by atoms with Gasteiger partial charge in [-0.05, 0) is 62.2 Å². The van der Waals surface area contributed by atoms with Gasteiger partial charge in [0, 0.05) is 6.04 Å². The molecule has 0 unspecified atom stereocenters. The Hall–Kier alpha value is -2.60. The smallest absolute Gasteiger partial charge is 0.264 e. The molecule has 1 saturated carbocycles. The zero-order chi connectivity index (χ0) is 18.9. The molecule has 1 amide bonds. The summed E-state index contributed by atoms with van der Waals surface area (Å²) in [6.45, 7) is -0.0660. The third kappa shape index (κ3) is 6.57. The molecule has 1 aliphatic carbocycles. The topological polar surface area (TPSA) is 59.6 Å². The fraction of sp³-hybridized carbons (Fsp3) is 0.333. The van der Waals surface area contributed by atoms with Gasteiger partial charge in [-0.2, -0.15) is 0 Å². The minimum absolute atomic E-state index is 0.0660. The third-order valence-corrected chi connectivity index (χ3v) is 4.64. The SMILES string of the molecule is O=C(COc1ccccc1)NC(=S)NC1CCC(Oc2ccccc2)CC1. The van der Waals surface area contributed by atoms with Gasteiger partial charge in [0.05, 0.1) is 6.10 Å². The molecule has 0 atom stereocenters. The normalized spacial score (nSPS) is 19.0. The van der Waals surface area contributed by atoms with Crippen molar-refractivity contribution < 1.29 is 14.3 Å². The lowest BCUT2D eigenvalue weighted by Crippen LogP contribution is -2.47. The summed E-state index contributed by atoms with van der Waals surface area (Å²) in [5, 5.41) is 6.25. The summed E-state index contributed by atoms with van der Waals surface area (Å²) in [6.07, 6.45) is 4.05. The molecule has 2 aromatic rings. The molecule has 6 heteroatoms. The standard InChI is InChI=1S/C21H24N2O3S/c24-20(15-25-17-7-3-1-4-8-17)23-21(27)22-16-11-13-19(14-12-16)26-18-9-5-2-6-10-18/h1-10,16,19H,11-15H2,(H2,22,23,24,27). The molecule has 3 rings (SSSR count). The number of benzene rings is 2. The maximum atomic E-state index is 11.9. The lowest BCUT2D eigenvalue weighted by Gasteiger charge is -2.30. The first-order valence-corrected chi connectivity index (χ1v) is 9.60. The van der Waals surface area contributed by atoms with E-state index in [2.05, 4.69) is 10.6 Å². The Balaban J connectivity index is 1.33. The highest BCUT2D eigenvalue weighted by molar-refractivity contribution is 7.80. The average molecular weight is 385 g/mol. The van der Waals surface area contributed by atoms with E-state index in [1.807, 2.05) is 48.5 Å². The van der Waals surface area contributed by atoms with E-state index in [1.165, 1.54) is 0 Å². The van der Waals surface area contributed by atoms with Crippen LogP contribution in [0.25, 0.3) is 0 Å². The van der Waals surface area contributed by atoms with Crippen molar-refractivity contribution in [3.8, 4) is 11.5 Å². The number of para-hydroxylation sites is 2. The number of carbonyl (C=O) groups is 1. The first kappa shape index (κ1) is 19.2. The van der Waals surface area contributed by atoms with Gasteiger partial charge in [-0.15, -0.1) is 0 Å². The highest BCUT2D eigenvalue weighted by Gasteiger charge is 2.23. The first-order valence-electron chi connectivity index (χ1n) is 9.19. The summed E-state index contributed by atoms with van der Waals surface area (Å²) in [6, 6.07) is 19.4. The molecule has 1 fully saturated rings. The molecule has 142 valence electrons. The molecule has 2 aromatic carbocycles. The fourth-order valence-corrected chi connectivity index (χ4v) is 3.35. The maximum Gasteiger partial charge on any atom is 0.264 e. The summed E-state index contributed by atoms with van der Waals surface area (Å²) in [7, 11) is 0. The van der Waals surface area contributed by atoms with E-state index in [-0.39, 0.29) is 24.7 Å². The molecule has 5 nitrogen and oxygen atoms in total. The second-order valence-electron chi connectivity index (χ2n) is 6.53. The van der Waals surface area contributed by atoms with Gasteiger partial charge in [-0.1, -0.05) is 36.4 Å². The minimum Gasteiger partial charge on any atom is -0.490 e. The van der Waals surface area contributed by atoms with Crippen molar-refractivity contribution in [3.05, 3.63) is 60.7 Å². The number of ether oxygens (including phenoxy) is 2. The van der Waals surface area contributed by atoms with Crippen molar-refractivity contribution in [3.63, 3.8) is 0 Å². The van der Waals surface area contributed by atoms with Crippen molar-refractivity contribution in [2.75, 3.05) is 6.61 Å². The van der Waals surface area contributed by atoms with Crippen molar-refractivity contribution in [2.45, 2.75) is 37.8 Å². The van der Waals surface area contributed by atoms with Gasteiger partial charge in [0.1, 0.15) is 11.5 Å². The summed E-state index contributed by atoms with van der Waals surface area (Å²) in [4.78, 5) is 11.9. The van der Waals surface area contributed by atoms with Crippen LogP contribution in [0.4, 0.5) is 0 Å². The number of amides is 1. The van der Waals surface area contributed by atoms with E-state index >= 15 is 0 Å². The van der Waals surface area contributed by atoms with Crippen molar-refractivity contribution in [2.24, 2.45) is 0 Å². The van der Waals surface area contributed by atoms with Crippen molar-refractivity contribution in [1.82, 2.24) is 10.6 Å². The lowest BCUT2D eigenvalue weighted by molar-refractivity contribution is -0.121. The summed E-state index contributed by atoms with van der Waals surface area (Å²) >= 11 is 5.25. The zero-order valence-electron chi connectivity index (χ0n) is 15.1. The van der Waals surface area contributed by atoms with Crippen LogP contribution in [-0.4, -0.2) is 29.8 Å². The van der Waals surface area contributed by atoms with Crippen LogP contribution in [0.1, 0.15) is 25.7 Å². The van der Waals surface area contributed by atoms with Gasteiger partial charge in [0.2, 0.25) is 0 Å². The lowest BCUT2D eigenvalue weighted by atomic mass is 9.93. The van der Waals surface area contributed by atoms with Gasteiger partial charge in [-0.25, -0.2) is 0 Å². The molecule has 0 bridgehead atoms. The van der Waals surface area contributed by atoms with Crippen LogP contribution in [-0.2, 0) is 4.79 Å². The number of thiocarbonyl (C=S) groups is 1. The van der Waals surface area contributed by atoms with Crippen LogP contribution in [0.2, 0.25) is 0 Å². The number of rotatable bonds is 6. The monoisotopic (exact) mass is 384 g/mol. The Kier molecular flexibility index (Phi) is 7.04. The highest BCUT2D eigenvalue weighted by Crippen LogP contribution is 2.23. The van der Waals surface area contributed by atoms with E-state index in [4.69, 9.17) is 21.7 Å². The van der Waals surface area contributed by atoms with Crippen LogP contribution in [0.3, 0.4) is 0 Å². The van der Waals surface area contributed by atoms with Gasteiger partial charge in [0.15, 0.2) is 11.7 Å². The van der Waals surface area contributed by atoms with Crippen LogP contribution in [0.15, 0.2) is 60.7 Å². The quantitative estimate of drug-likeness (QED) is 0.747. The van der Waals surface area contributed by atoms with Crippen LogP contribution in [0, 0.1) is 0 Å². The van der Waals surface area contributed by atoms with E-state index in [9.17, 15) is 4.79 Å². The van der Waals surface area contributed by atoms with E-state index in [1.54, 1.807) is 12.1 Å². The zero-order valence-corrected chi connectivity index (χ0v) is 15.9. The highest BCUT2D eigenvalue weighted by atomic mass is 32.1. The Morgan fingerprint density at radius 3 is 2.15 bits per heavy atom. The second kappa shape index (κ2) is 9.92. The van der Waals surface area contributed by atoms with Gasteiger partial charge in [-0.3, -0.25) is 4.79 Å². The molecule has 0 aromatic heterocycles. The molecule has 0 heterocycles. The average Bonchev–Trinajstić information content (AvgIpc) is 2.69. The van der Waals surface area contributed by atoms with Gasteiger partial charge in [0.25, 0.3) is 5.91 Å². The Morgan fingerprint density at radius 2 is 1.52 bits per heavy atom. The fourth-order valence-electron chi connectivity index (χ4n) is 3.07. The van der Waals surface area contributed by atoms with E-state index in [0.29, 0.717) is 10.9 Å². The van der Waals surface area contributed by atoms with Gasteiger partial charge >= 0.3 is 0 Å². The summed E-state index contributed by atoms with van der Waals surface area (Å²) in [5.74, 6) is 1.30. The molecular formula is C21H24N2O3S. The number of nitrogens with one attached hydrogen (secondary N) is 2. The predicted octanol–water partition coefficient (Wildman–Crippen LogP) is 3.45. The Morgan fingerprint density at radius 1 is 0.926 bits per heavy atom. The van der Waals surface area contributed by atoms with Crippen LogP contribution >= 0.6 is 12.2 Å². The molecule has 0 radical (unpaired) electrons. The molecule has 0 spiro atoms. The Bertz CT molecular complexity index is 732. The molecule has 0 aliphatic heterocycles. The van der Waals surface area contributed by atoms with Crippen LogP contribution < -0.4 is 20.1 Å². The first-order chi connectivity index (χ1) is 13.2. The molecule has 1 aliphatic rings. The maximum absolute atomic E-state index is 11.9. The second-order valence-corrected chi connectivity index (χ2v) is 6.94. The molecular weight excluding hydrogens is 360 g/mol.